The van der Waals surface area contributed by atoms with E-state index in [0.717, 1.165) is 45.0 Å². The SMILES string of the molecule is CCN(CC)c1nc(Cl)nc(N2CCCC(C)(C)CC2)n1. The molecule has 0 bridgehead atoms. The quantitative estimate of drug-likeness (QED) is 0.853. The van der Waals surface area contributed by atoms with Gasteiger partial charge in [-0.2, -0.15) is 15.0 Å². The summed E-state index contributed by atoms with van der Waals surface area (Å²) in [6, 6.07) is 0. The van der Waals surface area contributed by atoms with Crippen LogP contribution in [-0.2, 0) is 0 Å². The molecule has 0 aromatic carbocycles. The van der Waals surface area contributed by atoms with Gasteiger partial charge in [0.15, 0.2) is 0 Å². The second-order valence-electron chi connectivity index (χ2n) is 6.38. The highest BCUT2D eigenvalue weighted by Crippen LogP contribution is 2.31. The van der Waals surface area contributed by atoms with E-state index in [4.69, 9.17) is 11.6 Å². The lowest BCUT2D eigenvalue weighted by atomic mass is 9.85. The molecule has 0 amide bonds. The summed E-state index contributed by atoms with van der Waals surface area (Å²) in [7, 11) is 0. The van der Waals surface area contributed by atoms with Crippen LogP contribution in [0.3, 0.4) is 0 Å². The largest absolute Gasteiger partial charge is 0.341 e. The Kier molecular flexibility index (Phi) is 5.25. The topological polar surface area (TPSA) is 45.2 Å². The van der Waals surface area contributed by atoms with Gasteiger partial charge < -0.3 is 9.80 Å². The number of hydrogen-bond acceptors (Lipinski definition) is 5. The lowest BCUT2D eigenvalue weighted by molar-refractivity contribution is 0.325. The summed E-state index contributed by atoms with van der Waals surface area (Å²) in [6.07, 6.45) is 3.55. The van der Waals surface area contributed by atoms with E-state index in [1.54, 1.807) is 0 Å². The molecule has 5 nitrogen and oxygen atoms in total. The number of anilines is 2. The highest BCUT2D eigenvalue weighted by atomic mass is 35.5. The average molecular weight is 312 g/mol. The van der Waals surface area contributed by atoms with Crippen molar-refractivity contribution in [2.45, 2.75) is 47.0 Å². The summed E-state index contributed by atoms with van der Waals surface area (Å²) < 4.78 is 0. The number of nitrogens with zero attached hydrogens (tertiary/aromatic N) is 5. The minimum atomic E-state index is 0.283. The molecule has 2 rings (SSSR count). The third-order valence-electron chi connectivity index (χ3n) is 4.25. The molecular weight excluding hydrogens is 286 g/mol. The first-order valence-corrected chi connectivity index (χ1v) is 8.24. The second kappa shape index (κ2) is 6.77. The first kappa shape index (κ1) is 16.3. The Balaban J connectivity index is 2.23. The standard InChI is InChI=1S/C15H26ClN5/c1-5-20(6-2)13-17-12(16)18-14(19-13)21-10-7-8-15(3,4)9-11-21/h5-11H2,1-4H3. The molecule has 2 heterocycles. The van der Waals surface area contributed by atoms with Gasteiger partial charge in [0, 0.05) is 26.2 Å². The molecule has 0 atom stereocenters. The molecule has 118 valence electrons. The molecule has 0 radical (unpaired) electrons. The fraction of sp³-hybridized carbons (Fsp3) is 0.800. The van der Waals surface area contributed by atoms with E-state index in [9.17, 15) is 0 Å². The van der Waals surface area contributed by atoms with E-state index in [2.05, 4.69) is 52.4 Å². The summed E-state index contributed by atoms with van der Waals surface area (Å²) >= 11 is 6.11. The highest BCUT2D eigenvalue weighted by Gasteiger charge is 2.25. The zero-order valence-electron chi connectivity index (χ0n) is 13.6. The molecule has 1 aliphatic heterocycles. The van der Waals surface area contributed by atoms with E-state index in [1.807, 2.05) is 0 Å². The number of aromatic nitrogens is 3. The molecule has 1 aliphatic rings. The van der Waals surface area contributed by atoms with Gasteiger partial charge in [-0.15, -0.1) is 0 Å². The maximum Gasteiger partial charge on any atom is 0.231 e. The maximum absolute atomic E-state index is 6.11. The maximum atomic E-state index is 6.11. The predicted molar refractivity (Wildman–Crippen MR) is 88.2 cm³/mol. The molecule has 0 unspecified atom stereocenters. The Morgan fingerprint density at radius 3 is 2.48 bits per heavy atom. The van der Waals surface area contributed by atoms with Crippen LogP contribution in [0.2, 0.25) is 5.28 Å². The van der Waals surface area contributed by atoms with Gasteiger partial charge in [-0.05, 0) is 50.1 Å². The monoisotopic (exact) mass is 311 g/mol. The van der Waals surface area contributed by atoms with Crippen LogP contribution in [0.5, 0.6) is 0 Å². The molecule has 0 saturated carbocycles. The molecule has 1 saturated heterocycles. The van der Waals surface area contributed by atoms with Gasteiger partial charge in [0.05, 0.1) is 0 Å². The van der Waals surface area contributed by atoms with Crippen molar-refractivity contribution < 1.29 is 0 Å². The van der Waals surface area contributed by atoms with E-state index in [1.165, 1.54) is 6.42 Å². The Hall–Kier alpha value is -1.10. The Morgan fingerprint density at radius 1 is 1.10 bits per heavy atom. The minimum absolute atomic E-state index is 0.283. The summed E-state index contributed by atoms with van der Waals surface area (Å²) in [5.41, 5.74) is 0.396. The predicted octanol–water partition coefficient (Wildman–Crippen LogP) is 3.39. The fourth-order valence-electron chi connectivity index (χ4n) is 2.74. The molecule has 0 aliphatic carbocycles. The summed E-state index contributed by atoms with van der Waals surface area (Å²) in [6.45, 7) is 12.5. The molecular formula is C15H26ClN5. The third-order valence-corrected chi connectivity index (χ3v) is 4.42. The van der Waals surface area contributed by atoms with Crippen LogP contribution < -0.4 is 9.80 Å². The van der Waals surface area contributed by atoms with Crippen LogP contribution in [0, 0.1) is 5.41 Å². The first-order valence-electron chi connectivity index (χ1n) is 7.86. The number of hydrogen-bond donors (Lipinski definition) is 0. The van der Waals surface area contributed by atoms with Crippen LogP contribution in [0.4, 0.5) is 11.9 Å². The Bertz CT molecular complexity index is 473. The van der Waals surface area contributed by atoms with Crippen LogP contribution in [0.15, 0.2) is 0 Å². The van der Waals surface area contributed by atoms with Crippen molar-refractivity contribution in [1.82, 2.24) is 15.0 Å². The molecule has 0 N–H and O–H groups in total. The van der Waals surface area contributed by atoms with Crippen molar-refractivity contribution in [1.29, 1.82) is 0 Å². The highest BCUT2D eigenvalue weighted by molar-refractivity contribution is 6.28. The first-order chi connectivity index (χ1) is 9.95. The second-order valence-corrected chi connectivity index (χ2v) is 6.72. The van der Waals surface area contributed by atoms with Crippen LogP contribution in [-0.4, -0.2) is 41.1 Å². The van der Waals surface area contributed by atoms with Crippen molar-refractivity contribution in [3.63, 3.8) is 0 Å². The zero-order valence-corrected chi connectivity index (χ0v) is 14.3. The van der Waals surface area contributed by atoms with E-state index >= 15 is 0 Å². The van der Waals surface area contributed by atoms with Crippen molar-refractivity contribution in [3.05, 3.63) is 5.28 Å². The Morgan fingerprint density at radius 2 is 1.81 bits per heavy atom. The van der Waals surface area contributed by atoms with Gasteiger partial charge in [-0.1, -0.05) is 13.8 Å². The van der Waals surface area contributed by atoms with Crippen molar-refractivity contribution in [3.8, 4) is 0 Å². The van der Waals surface area contributed by atoms with Crippen LogP contribution in [0.25, 0.3) is 0 Å². The van der Waals surface area contributed by atoms with E-state index in [-0.39, 0.29) is 5.28 Å². The Labute approximate surface area is 132 Å². The number of halogens is 1. The lowest BCUT2D eigenvalue weighted by Gasteiger charge is -2.25. The molecule has 21 heavy (non-hydrogen) atoms. The van der Waals surface area contributed by atoms with Crippen molar-refractivity contribution in [2.75, 3.05) is 36.0 Å². The van der Waals surface area contributed by atoms with Crippen LogP contribution in [0.1, 0.15) is 47.0 Å². The van der Waals surface area contributed by atoms with Gasteiger partial charge in [-0.3, -0.25) is 0 Å². The minimum Gasteiger partial charge on any atom is -0.341 e. The van der Waals surface area contributed by atoms with Gasteiger partial charge in [0.2, 0.25) is 17.2 Å². The van der Waals surface area contributed by atoms with E-state index in [0.29, 0.717) is 11.4 Å². The third kappa shape index (κ3) is 4.19. The smallest absolute Gasteiger partial charge is 0.231 e. The summed E-state index contributed by atoms with van der Waals surface area (Å²) in [5.74, 6) is 1.40. The summed E-state index contributed by atoms with van der Waals surface area (Å²) in [4.78, 5) is 17.6. The molecule has 1 fully saturated rings. The van der Waals surface area contributed by atoms with Gasteiger partial charge in [0.25, 0.3) is 0 Å². The van der Waals surface area contributed by atoms with Gasteiger partial charge in [0.1, 0.15) is 0 Å². The fourth-order valence-corrected chi connectivity index (χ4v) is 2.89. The average Bonchev–Trinajstić information content (AvgIpc) is 2.60. The van der Waals surface area contributed by atoms with Crippen molar-refractivity contribution >= 4 is 23.5 Å². The van der Waals surface area contributed by atoms with E-state index < -0.39 is 0 Å². The van der Waals surface area contributed by atoms with Gasteiger partial charge >= 0.3 is 0 Å². The number of rotatable bonds is 4. The molecule has 1 aromatic heterocycles. The van der Waals surface area contributed by atoms with Crippen LogP contribution >= 0.6 is 11.6 Å². The molecule has 0 spiro atoms. The van der Waals surface area contributed by atoms with Gasteiger partial charge in [-0.25, -0.2) is 0 Å². The molecule has 1 aromatic rings. The molecule has 6 heteroatoms. The lowest BCUT2D eigenvalue weighted by Crippen LogP contribution is -2.29. The zero-order chi connectivity index (χ0) is 15.5. The summed E-state index contributed by atoms with van der Waals surface area (Å²) in [5, 5.41) is 0.283. The normalized spacial score (nSPS) is 18.4. The van der Waals surface area contributed by atoms with Crippen molar-refractivity contribution in [2.24, 2.45) is 5.41 Å².